The van der Waals surface area contributed by atoms with E-state index in [4.69, 9.17) is 4.74 Å². The molecular formula is C13H17N3O4. The van der Waals surface area contributed by atoms with Gasteiger partial charge in [-0.15, -0.1) is 0 Å². The summed E-state index contributed by atoms with van der Waals surface area (Å²) in [6.07, 6.45) is 4.11. The van der Waals surface area contributed by atoms with Crippen molar-refractivity contribution in [3.05, 3.63) is 24.0 Å². The first-order valence-electron chi connectivity index (χ1n) is 6.26. The number of esters is 1. The highest BCUT2D eigenvalue weighted by atomic mass is 16.6. The molecule has 0 aromatic carbocycles. The van der Waals surface area contributed by atoms with Crippen LogP contribution >= 0.6 is 0 Å². The molecule has 1 aromatic heterocycles. The molecule has 0 saturated carbocycles. The van der Waals surface area contributed by atoms with E-state index in [9.17, 15) is 9.59 Å². The van der Waals surface area contributed by atoms with Gasteiger partial charge in [-0.05, 0) is 12.1 Å². The normalized spacial score (nSPS) is 19.3. The summed E-state index contributed by atoms with van der Waals surface area (Å²) >= 11 is 0. The van der Waals surface area contributed by atoms with Gasteiger partial charge in [-0.25, -0.2) is 4.79 Å². The Morgan fingerprint density at radius 3 is 3.00 bits per heavy atom. The van der Waals surface area contributed by atoms with Crippen LogP contribution in [0.15, 0.2) is 18.3 Å². The maximum absolute atomic E-state index is 12.1. The number of hydrogen-bond donors (Lipinski definition) is 0. The van der Waals surface area contributed by atoms with Gasteiger partial charge in [0, 0.05) is 25.9 Å². The van der Waals surface area contributed by atoms with Crippen molar-refractivity contribution in [2.45, 2.75) is 6.10 Å². The number of carbonyl (C=O) groups is 2. The lowest BCUT2D eigenvalue weighted by Gasteiger charge is -2.30. The number of morpholine rings is 1. The SMILES string of the molecule is COC(=O)C1CN(C(=O)/C=C/c2ccnn2C)CCO1. The van der Waals surface area contributed by atoms with E-state index in [0.717, 1.165) is 5.69 Å². The molecular weight excluding hydrogens is 262 g/mol. The van der Waals surface area contributed by atoms with Gasteiger partial charge < -0.3 is 14.4 Å². The zero-order valence-electron chi connectivity index (χ0n) is 11.5. The second kappa shape index (κ2) is 6.33. The van der Waals surface area contributed by atoms with Crippen LogP contribution in [0.5, 0.6) is 0 Å². The summed E-state index contributed by atoms with van der Waals surface area (Å²) < 4.78 is 11.6. The van der Waals surface area contributed by atoms with Crippen molar-refractivity contribution in [2.24, 2.45) is 7.05 Å². The number of ether oxygens (including phenoxy) is 2. The number of amides is 1. The molecule has 0 aliphatic carbocycles. The lowest BCUT2D eigenvalue weighted by molar-refractivity contribution is -0.161. The first kappa shape index (κ1) is 14.3. The third kappa shape index (κ3) is 3.24. The minimum Gasteiger partial charge on any atom is -0.467 e. The van der Waals surface area contributed by atoms with E-state index in [2.05, 4.69) is 9.84 Å². The molecule has 1 unspecified atom stereocenters. The predicted molar refractivity (Wildman–Crippen MR) is 70.6 cm³/mol. The van der Waals surface area contributed by atoms with E-state index < -0.39 is 12.1 Å². The van der Waals surface area contributed by atoms with Gasteiger partial charge in [0.25, 0.3) is 0 Å². The third-order valence-corrected chi connectivity index (χ3v) is 3.10. The zero-order valence-corrected chi connectivity index (χ0v) is 11.5. The molecule has 0 spiro atoms. The molecule has 1 aromatic rings. The van der Waals surface area contributed by atoms with Crippen LogP contribution in [0.3, 0.4) is 0 Å². The van der Waals surface area contributed by atoms with Gasteiger partial charge in [0.05, 0.1) is 26.0 Å². The number of hydrogen-bond acceptors (Lipinski definition) is 5. The van der Waals surface area contributed by atoms with E-state index in [1.165, 1.54) is 13.2 Å². The fourth-order valence-corrected chi connectivity index (χ4v) is 1.93. The Labute approximate surface area is 116 Å². The monoisotopic (exact) mass is 279 g/mol. The number of aryl methyl sites for hydroxylation is 1. The van der Waals surface area contributed by atoms with Gasteiger partial charge in [0.15, 0.2) is 6.10 Å². The van der Waals surface area contributed by atoms with Gasteiger partial charge >= 0.3 is 5.97 Å². The van der Waals surface area contributed by atoms with Crippen LogP contribution in [-0.4, -0.2) is 59.5 Å². The van der Waals surface area contributed by atoms with Crippen molar-refractivity contribution in [1.29, 1.82) is 0 Å². The molecule has 1 amide bonds. The summed E-state index contributed by atoms with van der Waals surface area (Å²) in [7, 11) is 3.10. The predicted octanol–water partition coefficient (Wildman–Crippen LogP) is -0.166. The molecule has 0 N–H and O–H groups in total. The molecule has 1 fully saturated rings. The van der Waals surface area contributed by atoms with Gasteiger partial charge in [-0.2, -0.15) is 5.10 Å². The molecule has 7 heteroatoms. The average molecular weight is 279 g/mol. The smallest absolute Gasteiger partial charge is 0.336 e. The highest BCUT2D eigenvalue weighted by molar-refractivity contribution is 5.92. The first-order chi connectivity index (χ1) is 9.61. The van der Waals surface area contributed by atoms with Crippen LogP contribution in [-0.2, 0) is 26.1 Å². The Hall–Kier alpha value is -2.15. The Balaban J connectivity index is 1.97. The third-order valence-electron chi connectivity index (χ3n) is 3.10. The number of aromatic nitrogens is 2. The molecule has 2 rings (SSSR count). The average Bonchev–Trinajstić information content (AvgIpc) is 2.89. The van der Waals surface area contributed by atoms with Gasteiger partial charge in [0.2, 0.25) is 5.91 Å². The van der Waals surface area contributed by atoms with Crippen molar-refractivity contribution < 1.29 is 19.1 Å². The fourth-order valence-electron chi connectivity index (χ4n) is 1.93. The fraction of sp³-hybridized carbons (Fsp3) is 0.462. The summed E-state index contributed by atoms with van der Waals surface area (Å²) in [4.78, 5) is 25.0. The molecule has 1 saturated heterocycles. The van der Waals surface area contributed by atoms with Crippen LogP contribution < -0.4 is 0 Å². The van der Waals surface area contributed by atoms with E-state index in [1.54, 1.807) is 35.0 Å². The highest BCUT2D eigenvalue weighted by Crippen LogP contribution is 2.08. The van der Waals surface area contributed by atoms with Crippen molar-refractivity contribution in [3.63, 3.8) is 0 Å². The van der Waals surface area contributed by atoms with E-state index in [1.807, 2.05) is 0 Å². The minimum absolute atomic E-state index is 0.164. The molecule has 0 bridgehead atoms. The van der Waals surface area contributed by atoms with Crippen molar-refractivity contribution in [2.75, 3.05) is 26.8 Å². The van der Waals surface area contributed by atoms with E-state index in [-0.39, 0.29) is 12.5 Å². The molecule has 1 aliphatic heterocycles. The number of nitrogens with zero attached hydrogens (tertiary/aromatic N) is 3. The second-order valence-electron chi connectivity index (χ2n) is 4.38. The Kier molecular flexibility index (Phi) is 4.52. The maximum Gasteiger partial charge on any atom is 0.336 e. The number of carbonyl (C=O) groups excluding carboxylic acids is 2. The van der Waals surface area contributed by atoms with Crippen LogP contribution in [0.25, 0.3) is 6.08 Å². The van der Waals surface area contributed by atoms with Crippen molar-refractivity contribution in [3.8, 4) is 0 Å². The first-order valence-corrected chi connectivity index (χ1v) is 6.26. The van der Waals surface area contributed by atoms with Crippen LogP contribution in [0.1, 0.15) is 5.69 Å². The van der Waals surface area contributed by atoms with Gasteiger partial charge in [-0.3, -0.25) is 9.48 Å². The molecule has 7 nitrogen and oxygen atoms in total. The number of rotatable bonds is 3. The van der Waals surface area contributed by atoms with Crippen LogP contribution in [0, 0.1) is 0 Å². The molecule has 0 radical (unpaired) electrons. The summed E-state index contributed by atoms with van der Waals surface area (Å²) in [6.45, 7) is 0.994. The number of methoxy groups -OCH3 is 1. The molecule has 2 heterocycles. The Morgan fingerprint density at radius 2 is 2.35 bits per heavy atom. The topological polar surface area (TPSA) is 73.7 Å². The quantitative estimate of drug-likeness (QED) is 0.567. The summed E-state index contributed by atoms with van der Waals surface area (Å²) in [5.74, 6) is -0.624. The lowest BCUT2D eigenvalue weighted by atomic mass is 10.2. The summed E-state index contributed by atoms with van der Waals surface area (Å²) in [6, 6.07) is 1.81. The van der Waals surface area contributed by atoms with Crippen molar-refractivity contribution in [1.82, 2.24) is 14.7 Å². The molecule has 20 heavy (non-hydrogen) atoms. The summed E-state index contributed by atoms with van der Waals surface area (Å²) in [5.41, 5.74) is 0.830. The van der Waals surface area contributed by atoms with Gasteiger partial charge in [0.1, 0.15) is 0 Å². The molecule has 108 valence electrons. The Bertz CT molecular complexity index is 523. The largest absolute Gasteiger partial charge is 0.467 e. The maximum atomic E-state index is 12.1. The molecule has 1 atom stereocenters. The van der Waals surface area contributed by atoms with Crippen LogP contribution in [0.4, 0.5) is 0 Å². The van der Waals surface area contributed by atoms with E-state index >= 15 is 0 Å². The lowest BCUT2D eigenvalue weighted by Crippen LogP contribution is -2.48. The van der Waals surface area contributed by atoms with Gasteiger partial charge in [-0.1, -0.05) is 0 Å². The van der Waals surface area contributed by atoms with Crippen molar-refractivity contribution >= 4 is 18.0 Å². The second-order valence-corrected chi connectivity index (χ2v) is 4.38. The zero-order chi connectivity index (χ0) is 14.5. The Morgan fingerprint density at radius 1 is 1.55 bits per heavy atom. The molecule has 1 aliphatic rings. The van der Waals surface area contributed by atoms with Crippen LogP contribution in [0.2, 0.25) is 0 Å². The summed E-state index contributed by atoms with van der Waals surface area (Å²) in [5, 5.41) is 4.01. The standard InChI is InChI=1S/C13H17N3O4/c1-15-10(5-6-14-15)3-4-12(17)16-7-8-20-11(9-16)13(18)19-2/h3-6,11H,7-9H2,1-2H3/b4-3+. The van der Waals surface area contributed by atoms with E-state index in [0.29, 0.717) is 13.2 Å². The highest BCUT2D eigenvalue weighted by Gasteiger charge is 2.28. The minimum atomic E-state index is -0.706.